The standard InChI is InChI=1S/C14H14F4N2O3/c1-7-2-3-10(15)11(4-7)19-13(23)20-5-8(12(21)22)9(6-20)14(16,17)18/h2-4,8-9H,5-6H2,1H3,(H,19,23)(H,21,22)/t8-,9-/m1/s1. The van der Waals surface area contributed by atoms with E-state index in [1.165, 1.54) is 12.1 Å². The quantitative estimate of drug-likeness (QED) is 0.817. The Morgan fingerprint density at radius 3 is 2.48 bits per heavy atom. The van der Waals surface area contributed by atoms with E-state index < -0.39 is 48.9 Å². The number of hydrogen-bond acceptors (Lipinski definition) is 2. The van der Waals surface area contributed by atoms with E-state index in [1.54, 1.807) is 6.92 Å². The Morgan fingerprint density at radius 2 is 1.96 bits per heavy atom. The van der Waals surface area contributed by atoms with Crippen molar-refractivity contribution in [2.75, 3.05) is 18.4 Å². The largest absolute Gasteiger partial charge is 0.481 e. The van der Waals surface area contributed by atoms with Crippen molar-refractivity contribution < 1.29 is 32.3 Å². The maximum atomic E-state index is 13.6. The van der Waals surface area contributed by atoms with Crippen LogP contribution in [0.5, 0.6) is 0 Å². The minimum atomic E-state index is -4.73. The molecule has 0 saturated carbocycles. The van der Waals surface area contributed by atoms with Crippen molar-refractivity contribution in [1.82, 2.24) is 4.90 Å². The number of anilines is 1. The van der Waals surface area contributed by atoms with E-state index in [9.17, 15) is 27.2 Å². The number of nitrogens with one attached hydrogen (secondary N) is 1. The van der Waals surface area contributed by atoms with Crippen LogP contribution in [0, 0.1) is 24.6 Å². The van der Waals surface area contributed by atoms with Gasteiger partial charge in [-0.25, -0.2) is 9.18 Å². The van der Waals surface area contributed by atoms with Crippen molar-refractivity contribution in [2.45, 2.75) is 13.1 Å². The lowest BCUT2D eigenvalue weighted by Crippen LogP contribution is -2.35. The number of carbonyl (C=O) groups is 2. The zero-order valence-electron chi connectivity index (χ0n) is 12.0. The predicted molar refractivity (Wildman–Crippen MR) is 72.4 cm³/mol. The van der Waals surface area contributed by atoms with Gasteiger partial charge in [0.25, 0.3) is 0 Å². The molecule has 0 aromatic heterocycles. The van der Waals surface area contributed by atoms with Crippen LogP contribution in [0.15, 0.2) is 18.2 Å². The molecule has 0 bridgehead atoms. The Hall–Kier alpha value is -2.32. The SMILES string of the molecule is Cc1ccc(F)c(NC(=O)N2C[C@@H](C(F)(F)F)[C@H](C(=O)O)C2)c1. The second kappa shape index (κ2) is 6.05. The van der Waals surface area contributed by atoms with Crippen LogP contribution in [-0.4, -0.2) is 41.3 Å². The van der Waals surface area contributed by atoms with Gasteiger partial charge in [0.15, 0.2) is 0 Å². The van der Waals surface area contributed by atoms with Crippen LogP contribution in [0.25, 0.3) is 0 Å². The summed E-state index contributed by atoms with van der Waals surface area (Å²) in [5, 5.41) is 11.1. The molecular formula is C14H14F4N2O3. The molecule has 1 aromatic rings. The summed E-state index contributed by atoms with van der Waals surface area (Å²) in [5.41, 5.74) is 0.483. The molecule has 0 aliphatic carbocycles. The van der Waals surface area contributed by atoms with Crippen LogP contribution in [0.2, 0.25) is 0 Å². The highest BCUT2D eigenvalue weighted by Crippen LogP contribution is 2.37. The molecule has 23 heavy (non-hydrogen) atoms. The molecule has 0 spiro atoms. The van der Waals surface area contributed by atoms with Gasteiger partial charge in [0, 0.05) is 13.1 Å². The molecule has 2 amide bonds. The van der Waals surface area contributed by atoms with E-state index in [2.05, 4.69) is 5.32 Å². The Bertz CT molecular complexity index is 633. The van der Waals surface area contributed by atoms with Gasteiger partial charge in [-0.2, -0.15) is 13.2 Å². The first-order chi connectivity index (χ1) is 10.6. The Morgan fingerprint density at radius 1 is 1.30 bits per heavy atom. The molecule has 2 atom stereocenters. The highest BCUT2D eigenvalue weighted by atomic mass is 19.4. The molecule has 5 nitrogen and oxygen atoms in total. The van der Waals surface area contributed by atoms with Crippen molar-refractivity contribution in [1.29, 1.82) is 0 Å². The van der Waals surface area contributed by atoms with Crippen LogP contribution < -0.4 is 5.32 Å². The number of aryl methyl sites for hydroxylation is 1. The fourth-order valence-corrected chi connectivity index (χ4v) is 2.48. The summed E-state index contributed by atoms with van der Waals surface area (Å²) in [6, 6.07) is 2.96. The molecule has 1 aliphatic heterocycles. The van der Waals surface area contributed by atoms with Gasteiger partial charge in [0.2, 0.25) is 0 Å². The summed E-state index contributed by atoms with van der Waals surface area (Å²) < 4.78 is 52.2. The second-order valence-corrected chi connectivity index (χ2v) is 5.41. The molecule has 1 aliphatic rings. The number of rotatable bonds is 2. The van der Waals surface area contributed by atoms with Crippen molar-refractivity contribution in [3.63, 3.8) is 0 Å². The summed E-state index contributed by atoms with van der Waals surface area (Å²) >= 11 is 0. The van der Waals surface area contributed by atoms with Crippen molar-refractivity contribution in [2.24, 2.45) is 11.8 Å². The molecule has 126 valence electrons. The van der Waals surface area contributed by atoms with E-state index in [1.807, 2.05) is 0 Å². The third kappa shape index (κ3) is 3.72. The average molecular weight is 334 g/mol. The number of carboxylic acids is 1. The van der Waals surface area contributed by atoms with Crippen LogP contribution in [-0.2, 0) is 4.79 Å². The molecular weight excluding hydrogens is 320 g/mol. The number of carboxylic acid groups (broad SMARTS) is 1. The van der Waals surface area contributed by atoms with Gasteiger partial charge < -0.3 is 15.3 Å². The first-order valence-electron chi connectivity index (χ1n) is 6.71. The van der Waals surface area contributed by atoms with Gasteiger partial charge in [-0.15, -0.1) is 0 Å². The Labute approximate surface area is 128 Å². The summed E-state index contributed by atoms with van der Waals surface area (Å²) in [6.07, 6.45) is -4.73. The average Bonchev–Trinajstić information content (AvgIpc) is 2.88. The molecule has 1 saturated heterocycles. The lowest BCUT2D eigenvalue weighted by molar-refractivity contribution is -0.187. The van der Waals surface area contributed by atoms with Gasteiger partial charge in [-0.05, 0) is 24.6 Å². The Kier molecular flexibility index (Phi) is 4.49. The van der Waals surface area contributed by atoms with Gasteiger partial charge in [-0.1, -0.05) is 6.07 Å². The third-order valence-electron chi connectivity index (χ3n) is 3.71. The molecule has 1 heterocycles. The maximum absolute atomic E-state index is 13.6. The number of alkyl halides is 3. The molecule has 9 heteroatoms. The number of nitrogens with zero attached hydrogens (tertiary/aromatic N) is 1. The molecule has 2 N–H and O–H groups in total. The summed E-state index contributed by atoms with van der Waals surface area (Å²) in [4.78, 5) is 23.7. The summed E-state index contributed by atoms with van der Waals surface area (Å²) in [6.45, 7) is 0.295. The number of halogens is 4. The minimum absolute atomic E-state index is 0.169. The highest BCUT2D eigenvalue weighted by Gasteiger charge is 2.53. The van der Waals surface area contributed by atoms with E-state index in [0.29, 0.717) is 5.56 Å². The lowest BCUT2D eigenvalue weighted by atomic mass is 9.96. The smallest absolute Gasteiger partial charge is 0.394 e. The van der Waals surface area contributed by atoms with E-state index in [0.717, 1.165) is 11.0 Å². The summed E-state index contributed by atoms with van der Waals surface area (Å²) in [7, 11) is 0. The van der Waals surface area contributed by atoms with Gasteiger partial charge in [0.05, 0.1) is 17.5 Å². The number of carbonyl (C=O) groups excluding carboxylic acids is 1. The van der Waals surface area contributed by atoms with Crippen LogP contribution in [0.3, 0.4) is 0 Å². The molecule has 0 unspecified atom stereocenters. The molecule has 1 fully saturated rings. The number of benzene rings is 1. The zero-order valence-corrected chi connectivity index (χ0v) is 12.0. The highest BCUT2D eigenvalue weighted by molar-refractivity contribution is 5.90. The van der Waals surface area contributed by atoms with E-state index in [-0.39, 0.29) is 5.69 Å². The van der Waals surface area contributed by atoms with Crippen LogP contribution >= 0.6 is 0 Å². The van der Waals surface area contributed by atoms with Gasteiger partial charge in [0.1, 0.15) is 5.82 Å². The fraction of sp³-hybridized carbons (Fsp3) is 0.429. The molecule has 2 rings (SSSR count). The van der Waals surface area contributed by atoms with E-state index in [4.69, 9.17) is 5.11 Å². The monoisotopic (exact) mass is 334 g/mol. The lowest BCUT2D eigenvalue weighted by Gasteiger charge is -2.19. The number of aliphatic carboxylic acids is 1. The van der Waals surface area contributed by atoms with Gasteiger partial charge >= 0.3 is 18.2 Å². The topological polar surface area (TPSA) is 69.6 Å². The van der Waals surface area contributed by atoms with Crippen molar-refractivity contribution >= 4 is 17.7 Å². The third-order valence-corrected chi connectivity index (χ3v) is 3.71. The molecule has 1 aromatic carbocycles. The second-order valence-electron chi connectivity index (χ2n) is 5.41. The maximum Gasteiger partial charge on any atom is 0.394 e. The van der Waals surface area contributed by atoms with Crippen molar-refractivity contribution in [3.8, 4) is 0 Å². The summed E-state index contributed by atoms with van der Waals surface area (Å²) in [5.74, 6) is -6.23. The molecule has 0 radical (unpaired) electrons. The minimum Gasteiger partial charge on any atom is -0.481 e. The van der Waals surface area contributed by atoms with Crippen LogP contribution in [0.4, 0.5) is 28.0 Å². The number of likely N-dealkylation sites (tertiary alicyclic amines) is 1. The fourth-order valence-electron chi connectivity index (χ4n) is 2.48. The Balaban J connectivity index is 2.14. The first-order valence-corrected chi connectivity index (χ1v) is 6.71. The van der Waals surface area contributed by atoms with E-state index >= 15 is 0 Å². The predicted octanol–water partition coefficient (Wildman–Crippen LogP) is 2.86. The van der Waals surface area contributed by atoms with Crippen LogP contribution in [0.1, 0.15) is 5.56 Å². The van der Waals surface area contributed by atoms with Crippen molar-refractivity contribution in [3.05, 3.63) is 29.6 Å². The number of amides is 2. The number of urea groups is 1. The number of hydrogen-bond donors (Lipinski definition) is 2. The zero-order chi connectivity index (χ0) is 17.4. The normalized spacial score (nSPS) is 21.3. The first kappa shape index (κ1) is 17.0. The van der Waals surface area contributed by atoms with Gasteiger partial charge in [-0.3, -0.25) is 4.79 Å².